The summed E-state index contributed by atoms with van der Waals surface area (Å²) in [6, 6.07) is 7.82. The fraction of sp³-hybridized carbons (Fsp3) is 0.522. The average molecular weight is 428 g/mol. The van der Waals surface area contributed by atoms with Gasteiger partial charge in [-0.25, -0.2) is 4.79 Å². The number of carbonyl (C=O) groups excluding carboxylic acids is 2. The lowest BCUT2D eigenvalue weighted by atomic mass is 10.1. The summed E-state index contributed by atoms with van der Waals surface area (Å²) in [4.78, 5) is 29.5. The molecule has 31 heavy (non-hydrogen) atoms. The van der Waals surface area contributed by atoms with Gasteiger partial charge in [0.1, 0.15) is 11.3 Å². The predicted molar refractivity (Wildman–Crippen MR) is 122 cm³/mol. The van der Waals surface area contributed by atoms with Gasteiger partial charge < -0.3 is 19.9 Å². The van der Waals surface area contributed by atoms with Crippen LogP contribution in [-0.2, 0) is 24.8 Å². The highest BCUT2D eigenvalue weighted by Gasteiger charge is 2.31. The van der Waals surface area contributed by atoms with Crippen LogP contribution in [0.5, 0.6) is 0 Å². The van der Waals surface area contributed by atoms with Crippen molar-refractivity contribution in [3.8, 4) is 0 Å². The van der Waals surface area contributed by atoms with Crippen molar-refractivity contribution in [2.75, 3.05) is 29.9 Å². The minimum absolute atomic E-state index is 0.238. The summed E-state index contributed by atoms with van der Waals surface area (Å²) in [6.07, 6.45) is 0.217. The zero-order valence-electron chi connectivity index (χ0n) is 19.4. The van der Waals surface area contributed by atoms with Crippen LogP contribution >= 0.6 is 0 Å². The molecule has 2 amide bonds. The molecule has 0 bridgehead atoms. The van der Waals surface area contributed by atoms with Crippen LogP contribution in [0, 0.1) is 0 Å². The molecule has 0 saturated heterocycles. The standard InChI is InChI=1S/C23H33N5O3/c1-7-27(8-2)17-11-9-16(10-12-17)24-21(29)20-18-15-28(22(30)31-23(3,4)5)14-13-19(18)25-26(20)6/h9-12H,7-8,13-15H2,1-6H3,(H,24,29). The van der Waals surface area contributed by atoms with Crippen molar-refractivity contribution < 1.29 is 14.3 Å². The fourth-order valence-corrected chi connectivity index (χ4v) is 3.80. The van der Waals surface area contributed by atoms with Crippen LogP contribution in [0.3, 0.4) is 0 Å². The van der Waals surface area contributed by atoms with Crippen LogP contribution in [0.1, 0.15) is 56.4 Å². The van der Waals surface area contributed by atoms with Crippen molar-refractivity contribution in [1.29, 1.82) is 0 Å². The van der Waals surface area contributed by atoms with E-state index in [9.17, 15) is 9.59 Å². The van der Waals surface area contributed by atoms with Gasteiger partial charge in [0.15, 0.2) is 0 Å². The van der Waals surface area contributed by atoms with Gasteiger partial charge in [0.2, 0.25) is 0 Å². The second kappa shape index (κ2) is 8.99. The van der Waals surface area contributed by atoms with Crippen LogP contribution in [0.2, 0.25) is 0 Å². The Labute approximate surface area is 184 Å². The molecule has 1 aliphatic rings. The Morgan fingerprint density at radius 3 is 2.39 bits per heavy atom. The van der Waals surface area contributed by atoms with E-state index in [2.05, 4.69) is 29.2 Å². The SMILES string of the molecule is CCN(CC)c1ccc(NC(=O)c2c3c(nn2C)CCN(C(=O)OC(C)(C)C)C3)cc1. The number of aromatic nitrogens is 2. The van der Waals surface area contributed by atoms with Crippen molar-refractivity contribution in [3.05, 3.63) is 41.2 Å². The highest BCUT2D eigenvalue weighted by molar-refractivity contribution is 6.04. The first-order chi connectivity index (χ1) is 14.6. The molecule has 168 valence electrons. The van der Waals surface area contributed by atoms with Crippen molar-refractivity contribution in [2.24, 2.45) is 7.05 Å². The van der Waals surface area contributed by atoms with Gasteiger partial charge in [-0.3, -0.25) is 9.48 Å². The Bertz CT molecular complexity index is 939. The molecule has 1 aromatic carbocycles. The van der Waals surface area contributed by atoms with E-state index in [1.807, 2.05) is 45.0 Å². The number of hydrogen-bond donors (Lipinski definition) is 1. The van der Waals surface area contributed by atoms with E-state index in [-0.39, 0.29) is 12.0 Å². The molecule has 2 heterocycles. The van der Waals surface area contributed by atoms with Gasteiger partial charge in [-0.15, -0.1) is 0 Å². The molecule has 8 nitrogen and oxygen atoms in total. The molecule has 2 aromatic rings. The summed E-state index contributed by atoms with van der Waals surface area (Å²) in [7, 11) is 1.76. The maximum absolute atomic E-state index is 13.1. The van der Waals surface area contributed by atoms with Crippen molar-refractivity contribution in [3.63, 3.8) is 0 Å². The molecule has 0 fully saturated rings. The maximum atomic E-state index is 13.1. The van der Waals surface area contributed by atoms with Crippen molar-refractivity contribution in [1.82, 2.24) is 14.7 Å². The fourth-order valence-electron chi connectivity index (χ4n) is 3.80. The van der Waals surface area contributed by atoms with Crippen LogP contribution in [-0.4, -0.2) is 51.9 Å². The van der Waals surface area contributed by atoms with Gasteiger partial charge in [0, 0.05) is 50.0 Å². The Kier molecular flexibility index (Phi) is 6.57. The third-order valence-corrected chi connectivity index (χ3v) is 5.32. The number of fused-ring (bicyclic) bond motifs is 1. The number of carbonyl (C=O) groups is 2. The van der Waals surface area contributed by atoms with E-state index in [1.54, 1.807) is 16.6 Å². The van der Waals surface area contributed by atoms with Crippen LogP contribution in [0.25, 0.3) is 0 Å². The highest BCUT2D eigenvalue weighted by atomic mass is 16.6. The Hall–Kier alpha value is -3.03. The minimum Gasteiger partial charge on any atom is -0.444 e. The number of rotatable bonds is 5. The summed E-state index contributed by atoms with van der Waals surface area (Å²) < 4.78 is 7.10. The molecule has 1 aliphatic heterocycles. The monoisotopic (exact) mass is 427 g/mol. The summed E-state index contributed by atoms with van der Waals surface area (Å²) in [5.74, 6) is -0.238. The summed E-state index contributed by atoms with van der Waals surface area (Å²) in [5.41, 5.74) is 3.37. The van der Waals surface area contributed by atoms with E-state index >= 15 is 0 Å². The number of hydrogen-bond acceptors (Lipinski definition) is 5. The quantitative estimate of drug-likeness (QED) is 0.785. The lowest BCUT2D eigenvalue weighted by Gasteiger charge is -2.29. The first-order valence-corrected chi connectivity index (χ1v) is 10.8. The number of amides is 2. The topological polar surface area (TPSA) is 79.7 Å². The van der Waals surface area contributed by atoms with Gasteiger partial charge in [0.05, 0.1) is 12.2 Å². The Morgan fingerprint density at radius 2 is 1.81 bits per heavy atom. The molecule has 0 saturated carbocycles. The van der Waals surface area contributed by atoms with Crippen molar-refractivity contribution in [2.45, 2.75) is 53.2 Å². The van der Waals surface area contributed by atoms with Gasteiger partial charge in [0.25, 0.3) is 5.91 Å². The Morgan fingerprint density at radius 1 is 1.16 bits per heavy atom. The number of benzene rings is 1. The van der Waals surface area contributed by atoms with Gasteiger partial charge in [-0.2, -0.15) is 5.10 Å². The minimum atomic E-state index is -0.566. The Balaban J connectivity index is 1.76. The van der Waals surface area contributed by atoms with E-state index in [0.29, 0.717) is 25.2 Å². The largest absolute Gasteiger partial charge is 0.444 e. The van der Waals surface area contributed by atoms with Gasteiger partial charge in [-0.1, -0.05) is 0 Å². The molecular weight excluding hydrogens is 394 g/mol. The molecule has 3 rings (SSSR count). The third-order valence-electron chi connectivity index (χ3n) is 5.32. The van der Waals surface area contributed by atoms with Gasteiger partial charge >= 0.3 is 6.09 Å². The molecular formula is C23H33N5O3. The lowest BCUT2D eigenvalue weighted by Crippen LogP contribution is -2.40. The molecule has 0 atom stereocenters. The molecule has 8 heteroatoms. The first kappa shape index (κ1) is 22.7. The first-order valence-electron chi connectivity index (χ1n) is 10.8. The lowest BCUT2D eigenvalue weighted by molar-refractivity contribution is 0.0222. The van der Waals surface area contributed by atoms with E-state index in [1.165, 1.54) is 0 Å². The second-order valence-electron chi connectivity index (χ2n) is 8.72. The molecule has 0 radical (unpaired) electrons. The molecule has 1 N–H and O–H groups in total. The number of nitrogens with zero attached hydrogens (tertiary/aromatic N) is 4. The molecule has 0 unspecified atom stereocenters. The van der Waals surface area contributed by atoms with E-state index < -0.39 is 5.60 Å². The van der Waals surface area contributed by atoms with Crippen molar-refractivity contribution >= 4 is 23.4 Å². The smallest absolute Gasteiger partial charge is 0.410 e. The molecule has 1 aromatic heterocycles. The van der Waals surface area contributed by atoms with Crippen LogP contribution in [0.15, 0.2) is 24.3 Å². The zero-order valence-corrected chi connectivity index (χ0v) is 19.4. The van der Waals surface area contributed by atoms with Gasteiger partial charge in [-0.05, 0) is 58.9 Å². The number of anilines is 2. The summed E-state index contributed by atoms with van der Waals surface area (Å²) in [6.45, 7) is 12.4. The number of nitrogens with one attached hydrogen (secondary N) is 1. The molecule has 0 spiro atoms. The average Bonchev–Trinajstić information content (AvgIpc) is 3.03. The predicted octanol–water partition coefficient (Wildman–Crippen LogP) is 3.81. The number of ether oxygens (including phenoxy) is 1. The third kappa shape index (κ3) is 5.18. The zero-order chi connectivity index (χ0) is 22.8. The van der Waals surface area contributed by atoms with E-state index in [0.717, 1.165) is 35.7 Å². The number of aryl methyl sites for hydroxylation is 1. The summed E-state index contributed by atoms with van der Waals surface area (Å²) >= 11 is 0. The van der Waals surface area contributed by atoms with E-state index in [4.69, 9.17) is 4.74 Å². The summed E-state index contributed by atoms with van der Waals surface area (Å²) in [5, 5.41) is 7.48. The molecule has 0 aliphatic carbocycles. The maximum Gasteiger partial charge on any atom is 0.410 e. The highest BCUT2D eigenvalue weighted by Crippen LogP contribution is 2.25. The van der Waals surface area contributed by atoms with Crippen LogP contribution in [0.4, 0.5) is 16.2 Å². The normalized spacial score (nSPS) is 13.5. The second-order valence-corrected chi connectivity index (χ2v) is 8.72. The van der Waals surface area contributed by atoms with Crippen LogP contribution < -0.4 is 10.2 Å².